The third-order valence-electron chi connectivity index (χ3n) is 2.54. The Hall–Kier alpha value is -1.72. The largest absolute Gasteiger partial charge is 0.329 e. The van der Waals surface area contributed by atoms with E-state index < -0.39 is 5.82 Å². The van der Waals surface area contributed by atoms with E-state index in [0.29, 0.717) is 10.6 Å². The summed E-state index contributed by atoms with van der Waals surface area (Å²) in [6.45, 7) is 0. The van der Waals surface area contributed by atoms with Crippen LogP contribution in [0.25, 0.3) is 10.2 Å². The van der Waals surface area contributed by atoms with Gasteiger partial charge < -0.3 is 5.32 Å². The Morgan fingerprint density at radius 3 is 2.84 bits per heavy atom. The maximum atomic E-state index is 13.7. The van der Waals surface area contributed by atoms with Crippen molar-refractivity contribution in [3.8, 4) is 0 Å². The monoisotopic (exact) mass is 296 g/mol. The van der Waals surface area contributed by atoms with Crippen molar-refractivity contribution >= 4 is 44.0 Å². The number of hydrogen-bond donors (Lipinski definition) is 1. The van der Waals surface area contributed by atoms with Crippen LogP contribution in [0.4, 0.5) is 19.6 Å². The van der Waals surface area contributed by atoms with Gasteiger partial charge in [0.1, 0.15) is 5.82 Å². The standard InChI is InChI=1S/C13H7ClF2N2S/c14-8-2-1-3-9(12(8)16)17-13-18-10-6-7(15)4-5-11(10)19-13/h1-6H,(H,17,18). The Kier molecular flexibility index (Phi) is 3.08. The molecule has 1 heterocycles. The second-order valence-corrected chi connectivity index (χ2v) is 5.30. The summed E-state index contributed by atoms with van der Waals surface area (Å²) in [5, 5.41) is 3.37. The minimum absolute atomic E-state index is 0.0390. The summed E-state index contributed by atoms with van der Waals surface area (Å²) < 4.78 is 27.6. The highest BCUT2D eigenvalue weighted by molar-refractivity contribution is 7.22. The van der Waals surface area contributed by atoms with Gasteiger partial charge in [0.25, 0.3) is 0 Å². The molecular weight excluding hydrogens is 290 g/mol. The number of rotatable bonds is 2. The summed E-state index contributed by atoms with van der Waals surface area (Å²) in [6.07, 6.45) is 0. The number of thiazole rings is 1. The lowest BCUT2D eigenvalue weighted by Gasteiger charge is -2.04. The van der Waals surface area contributed by atoms with Gasteiger partial charge in [-0.25, -0.2) is 13.8 Å². The summed E-state index contributed by atoms with van der Waals surface area (Å²) in [5.41, 5.74) is 0.780. The topological polar surface area (TPSA) is 24.9 Å². The van der Waals surface area contributed by atoms with Crippen molar-refractivity contribution in [2.45, 2.75) is 0 Å². The van der Waals surface area contributed by atoms with E-state index >= 15 is 0 Å². The van der Waals surface area contributed by atoms with Crippen molar-refractivity contribution < 1.29 is 8.78 Å². The Bertz CT molecular complexity index is 757. The number of anilines is 2. The van der Waals surface area contributed by atoms with E-state index in [4.69, 9.17) is 11.6 Å². The molecule has 0 amide bonds. The Labute approximate surface area is 116 Å². The molecule has 0 aliphatic heterocycles. The predicted molar refractivity (Wildman–Crippen MR) is 74.3 cm³/mol. The fourth-order valence-electron chi connectivity index (χ4n) is 1.67. The van der Waals surface area contributed by atoms with E-state index in [1.807, 2.05) is 0 Å². The molecule has 2 nitrogen and oxygen atoms in total. The molecule has 0 spiro atoms. The molecule has 3 rings (SSSR count). The summed E-state index contributed by atoms with van der Waals surface area (Å²) in [5.74, 6) is -0.882. The zero-order valence-electron chi connectivity index (χ0n) is 9.45. The lowest BCUT2D eigenvalue weighted by atomic mass is 10.3. The van der Waals surface area contributed by atoms with Gasteiger partial charge >= 0.3 is 0 Å². The molecule has 19 heavy (non-hydrogen) atoms. The van der Waals surface area contributed by atoms with Crippen LogP contribution < -0.4 is 5.32 Å². The van der Waals surface area contributed by atoms with E-state index in [1.165, 1.54) is 29.5 Å². The Morgan fingerprint density at radius 1 is 1.16 bits per heavy atom. The van der Waals surface area contributed by atoms with Crippen LogP contribution in [0.15, 0.2) is 36.4 Å². The maximum Gasteiger partial charge on any atom is 0.188 e. The summed E-state index contributed by atoms with van der Waals surface area (Å²) in [6, 6.07) is 9.02. The summed E-state index contributed by atoms with van der Waals surface area (Å²) in [4.78, 5) is 4.20. The van der Waals surface area contributed by atoms with Crippen LogP contribution in [0, 0.1) is 11.6 Å². The highest BCUT2D eigenvalue weighted by atomic mass is 35.5. The zero-order valence-corrected chi connectivity index (χ0v) is 11.0. The second-order valence-electron chi connectivity index (χ2n) is 3.86. The van der Waals surface area contributed by atoms with Gasteiger partial charge in [-0.1, -0.05) is 29.0 Å². The average Bonchev–Trinajstić information content (AvgIpc) is 2.76. The number of nitrogens with zero attached hydrogens (tertiary/aromatic N) is 1. The van der Waals surface area contributed by atoms with Crippen LogP contribution in [-0.2, 0) is 0 Å². The highest BCUT2D eigenvalue weighted by Crippen LogP contribution is 2.31. The maximum absolute atomic E-state index is 13.7. The lowest BCUT2D eigenvalue weighted by Crippen LogP contribution is -1.93. The van der Waals surface area contributed by atoms with Crippen LogP contribution in [0.5, 0.6) is 0 Å². The van der Waals surface area contributed by atoms with E-state index in [-0.39, 0.29) is 16.5 Å². The molecule has 0 bridgehead atoms. The van der Waals surface area contributed by atoms with Gasteiger partial charge in [0.05, 0.1) is 20.9 Å². The van der Waals surface area contributed by atoms with Gasteiger partial charge in [0, 0.05) is 6.07 Å². The average molecular weight is 297 g/mol. The molecule has 1 N–H and O–H groups in total. The van der Waals surface area contributed by atoms with Gasteiger partial charge in [-0.2, -0.15) is 0 Å². The van der Waals surface area contributed by atoms with Gasteiger partial charge in [-0.05, 0) is 24.3 Å². The molecule has 0 atom stereocenters. The van der Waals surface area contributed by atoms with Crippen molar-refractivity contribution in [2.75, 3.05) is 5.32 Å². The normalized spacial score (nSPS) is 10.9. The molecule has 1 aromatic heterocycles. The number of hydrogen-bond acceptors (Lipinski definition) is 3. The third-order valence-corrected chi connectivity index (χ3v) is 3.79. The first-order chi connectivity index (χ1) is 9.13. The van der Waals surface area contributed by atoms with Gasteiger partial charge in [-0.15, -0.1) is 0 Å². The molecule has 0 saturated carbocycles. The zero-order chi connectivity index (χ0) is 13.4. The van der Waals surface area contributed by atoms with Crippen molar-refractivity contribution in [1.82, 2.24) is 4.98 Å². The smallest absolute Gasteiger partial charge is 0.188 e. The van der Waals surface area contributed by atoms with E-state index in [2.05, 4.69) is 10.3 Å². The molecule has 0 radical (unpaired) electrons. The van der Waals surface area contributed by atoms with E-state index in [1.54, 1.807) is 18.2 Å². The molecule has 0 aliphatic rings. The van der Waals surface area contributed by atoms with Crippen LogP contribution in [0.3, 0.4) is 0 Å². The van der Waals surface area contributed by atoms with Crippen molar-refractivity contribution in [2.24, 2.45) is 0 Å². The van der Waals surface area contributed by atoms with Crippen LogP contribution in [-0.4, -0.2) is 4.98 Å². The highest BCUT2D eigenvalue weighted by Gasteiger charge is 2.09. The van der Waals surface area contributed by atoms with Gasteiger partial charge in [-0.3, -0.25) is 0 Å². The molecule has 0 fully saturated rings. The molecule has 0 aliphatic carbocycles. The van der Waals surface area contributed by atoms with Crippen molar-refractivity contribution in [1.29, 1.82) is 0 Å². The minimum atomic E-state index is -0.533. The van der Waals surface area contributed by atoms with E-state index in [0.717, 1.165) is 4.70 Å². The fourth-order valence-corrected chi connectivity index (χ4v) is 2.70. The number of nitrogens with one attached hydrogen (secondary N) is 1. The molecule has 96 valence electrons. The van der Waals surface area contributed by atoms with Crippen molar-refractivity contribution in [3.05, 3.63) is 53.1 Å². The summed E-state index contributed by atoms with van der Waals surface area (Å²) in [7, 11) is 0. The minimum Gasteiger partial charge on any atom is -0.329 e. The molecule has 6 heteroatoms. The number of aromatic nitrogens is 1. The van der Waals surface area contributed by atoms with Crippen LogP contribution in [0.2, 0.25) is 5.02 Å². The SMILES string of the molecule is Fc1ccc2sc(Nc3cccc(Cl)c3F)nc2c1. The predicted octanol–water partition coefficient (Wildman–Crippen LogP) is 4.97. The second kappa shape index (κ2) is 4.75. The molecule has 3 aromatic rings. The first-order valence-corrected chi connectivity index (χ1v) is 6.60. The first kappa shape index (κ1) is 12.3. The van der Waals surface area contributed by atoms with Crippen LogP contribution >= 0.6 is 22.9 Å². The number of benzene rings is 2. The van der Waals surface area contributed by atoms with Crippen LogP contribution in [0.1, 0.15) is 0 Å². The molecule has 2 aromatic carbocycles. The van der Waals surface area contributed by atoms with Gasteiger partial charge in [0.2, 0.25) is 0 Å². The quantitative estimate of drug-likeness (QED) is 0.722. The summed E-state index contributed by atoms with van der Waals surface area (Å²) >= 11 is 7.01. The first-order valence-electron chi connectivity index (χ1n) is 5.40. The number of halogens is 3. The van der Waals surface area contributed by atoms with Crippen molar-refractivity contribution in [3.63, 3.8) is 0 Å². The lowest BCUT2D eigenvalue weighted by molar-refractivity contribution is 0.629. The third kappa shape index (κ3) is 2.39. The fraction of sp³-hybridized carbons (Fsp3) is 0. The molecule has 0 saturated heterocycles. The Balaban J connectivity index is 1.99. The molecular formula is C13H7ClF2N2S. The number of fused-ring (bicyclic) bond motifs is 1. The Morgan fingerprint density at radius 2 is 2.00 bits per heavy atom. The molecule has 0 unspecified atom stereocenters. The van der Waals surface area contributed by atoms with E-state index in [9.17, 15) is 8.78 Å². The van der Waals surface area contributed by atoms with Gasteiger partial charge in [0.15, 0.2) is 10.9 Å².